The summed E-state index contributed by atoms with van der Waals surface area (Å²) < 4.78 is 56.8. The van der Waals surface area contributed by atoms with Gasteiger partial charge >= 0.3 is 0 Å². The zero-order valence-electron chi connectivity index (χ0n) is 26.3. The molecule has 0 radical (unpaired) electrons. The Balaban J connectivity index is 1.27. The van der Waals surface area contributed by atoms with Crippen LogP contribution in [0.25, 0.3) is 0 Å². The van der Waals surface area contributed by atoms with E-state index in [4.69, 9.17) is 0 Å². The van der Waals surface area contributed by atoms with Gasteiger partial charge in [0, 0.05) is 12.8 Å². The lowest BCUT2D eigenvalue weighted by Gasteiger charge is -2.55. The van der Waals surface area contributed by atoms with Crippen molar-refractivity contribution in [1.82, 2.24) is 0 Å². The van der Waals surface area contributed by atoms with E-state index in [1.165, 1.54) is 5.57 Å². The van der Waals surface area contributed by atoms with E-state index in [2.05, 4.69) is 26.8 Å². The van der Waals surface area contributed by atoms with E-state index in [1.807, 2.05) is 0 Å². The number of benzene rings is 1. The fourth-order valence-corrected chi connectivity index (χ4v) is 13.0. The highest BCUT2D eigenvalue weighted by Crippen LogP contribution is 2.65. The number of aliphatic hydroxyl groups is 2. The van der Waals surface area contributed by atoms with Crippen molar-refractivity contribution in [2.75, 3.05) is 0 Å². The van der Waals surface area contributed by atoms with E-state index in [0.29, 0.717) is 23.7 Å². The smallest absolute Gasteiger partial charge is 0.248 e. The first-order valence-corrected chi connectivity index (χ1v) is 18.6. The Bertz CT molecular complexity index is 1300. The summed E-state index contributed by atoms with van der Waals surface area (Å²) in [4.78, 5) is 0.259. The summed E-state index contributed by atoms with van der Waals surface area (Å²) in [5, 5.41) is 21.8. The summed E-state index contributed by atoms with van der Waals surface area (Å²) in [5.74, 6) is -0.479. The van der Waals surface area contributed by atoms with Crippen molar-refractivity contribution in [3.8, 4) is 0 Å². The van der Waals surface area contributed by atoms with Gasteiger partial charge in [0.15, 0.2) is 9.84 Å². The Labute approximate surface area is 257 Å². The van der Waals surface area contributed by atoms with Crippen molar-refractivity contribution in [3.63, 3.8) is 0 Å². The predicted molar refractivity (Wildman–Crippen MR) is 165 cm³/mol. The molecular formula is C36H52F2O4S. The van der Waals surface area contributed by atoms with Crippen molar-refractivity contribution in [2.45, 2.75) is 138 Å². The minimum absolute atomic E-state index is 0.0113. The number of fused-ring (bicyclic) bond motifs is 5. The van der Waals surface area contributed by atoms with Gasteiger partial charge in [-0.1, -0.05) is 50.6 Å². The molecule has 1 aromatic carbocycles. The molecule has 5 aliphatic carbocycles. The molecule has 7 heteroatoms. The van der Waals surface area contributed by atoms with Crippen LogP contribution in [0, 0.1) is 40.9 Å². The molecule has 0 heterocycles. The van der Waals surface area contributed by atoms with E-state index in [1.54, 1.807) is 30.3 Å². The molecule has 1 aromatic rings. The van der Waals surface area contributed by atoms with Gasteiger partial charge in [-0.15, -0.1) is 0 Å². The van der Waals surface area contributed by atoms with Crippen LogP contribution in [0.4, 0.5) is 8.78 Å². The number of alkyl halides is 2. The lowest BCUT2D eigenvalue weighted by molar-refractivity contribution is -0.108. The summed E-state index contributed by atoms with van der Waals surface area (Å²) in [6, 6.07) is 8.53. The maximum Gasteiger partial charge on any atom is 0.248 e. The molecule has 43 heavy (non-hydrogen) atoms. The van der Waals surface area contributed by atoms with Gasteiger partial charge in [-0.25, -0.2) is 17.2 Å². The number of allylic oxidation sites excluding steroid dienone is 1. The fourth-order valence-electron chi connectivity index (χ4n) is 10.9. The van der Waals surface area contributed by atoms with Crippen LogP contribution in [0.5, 0.6) is 0 Å². The minimum atomic E-state index is -3.80. The average Bonchev–Trinajstić information content (AvgIpc) is 3.35. The standard InChI is InChI=1S/C36H52F2O4S/c1-4-34(39)17-15-27-25(22-34)10-11-29-28(27)14-16-33(3)30(12-13-31(29)33)24(2)32(43(41,42)26-8-6-5-7-9-26)23-35(40)18-20-36(37,38)21-19-35/h5-10,24,27-32,39-40H,4,11-23H2,1-3H3/t24-,27-,28+,29+,30+,31-,32?,33+,34-/m0/s1. The van der Waals surface area contributed by atoms with Gasteiger partial charge in [-0.2, -0.15) is 0 Å². The molecular weight excluding hydrogens is 566 g/mol. The Morgan fingerprint density at radius 3 is 2.28 bits per heavy atom. The molecule has 1 unspecified atom stereocenters. The Kier molecular flexibility index (Phi) is 8.24. The second-order valence-corrected chi connectivity index (χ2v) is 17.8. The van der Waals surface area contributed by atoms with E-state index < -0.39 is 45.1 Å². The van der Waals surface area contributed by atoms with Crippen LogP contribution >= 0.6 is 0 Å². The normalized spacial score (nSPS) is 40.0. The van der Waals surface area contributed by atoms with Crippen LogP contribution in [0.3, 0.4) is 0 Å². The van der Waals surface area contributed by atoms with E-state index in [-0.39, 0.29) is 41.4 Å². The summed E-state index contributed by atoms with van der Waals surface area (Å²) >= 11 is 0. The van der Waals surface area contributed by atoms with Crippen LogP contribution in [0.15, 0.2) is 46.9 Å². The first-order chi connectivity index (χ1) is 20.2. The van der Waals surface area contributed by atoms with Crippen molar-refractivity contribution in [1.29, 1.82) is 0 Å². The third kappa shape index (κ3) is 5.67. The third-order valence-corrected chi connectivity index (χ3v) is 15.8. The van der Waals surface area contributed by atoms with Crippen LogP contribution < -0.4 is 0 Å². The summed E-state index contributed by atoms with van der Waals surface area (Å²) in [6.45, 7) is 6.56. The molecule has 6 rings (SSSR count). The first kappa shape index (κ1) is 31.7. The Morgan fingerprint density at radius 2 is 1.60 bits per heavy atom. The number of rotatable bonds is 7. The largest absolute Gasteiger partial charge is 0.390 e. The van der Waals surface area contributed by atoms with Gasteiger partial charge in [0.25, 0.3) is 0 Å². The SMILES string of the molecule is CC[C@]1(O)CC[C@H]2C(=CC[C@@H]3[C@@H]2CC[C@]2(C)[C@@H]([C@H](C)C(CC4(O)CCC(F)(F)CC4)S(=O)(=O)c4ccccc4)CC[C@@H]32)C1. The van der Waals surface area contributed by atoms with Crippen molar-refractivity contribution >= 4 is 9.84 Å². The van der Waals surface area contributed by atoms with Gasteiger partial charge < -0.3 is 10.2 Å². The maximum absolute atomic E-state index is 14.3. The topological polar surface area (TPSA) is 74.6 Å². The lowest BCUT2D eigenvalue weighted by atomic mass is 9.50. The average molecular weight is 619 g/mol. The summed E-state index contributed by atoms with van der Waals surface area (Å²) in [7, 11) is -3.80. The van der Waals surface area contributed by atoms with Crippen LogP contribution in [-0.4, -0.2) is 41.0 Å². The quantitative estimate of drug-likeness (QED) is 0.303. The van der Waals surface area contributed by atoms with Gasteiger partial charge in [0.2, 0.25) is 5.92 Å². The lowest BCUT2D eigenvalue weighted by Crippen LogP contribution is -2.50. The summed E-state index contributed by atoms with van der Waals surface area (Å²) in [5.41, 5.74) is -0.463. The highest BCUT2D eigenvalue weighted by atomic mass is 32.2. The van der Waals surface area contributed by atoms with E-state index in [0.717, 1.165) is 57.8 Å². The minimum Gasteiger partial charge on any atom is -0.390 e. The molecule has 0 bridgehead atoms. The first-order valence-electron chi connectivity index (χ1n) is 17.0. The monoisotopic (exact) mass is 618 g/mol. The third-order valence-electron chi connectivity index (χ3n) is 13.5. The van der Waals surface area contributed by atoms with Crippen molar-refractivity contribution in [3.05, 3.63) is 42.0 Å². The molecule has 0 aromatic heterocycles. The highest BCUT2D eigenvalue weighted by Gasteiger charge is 2.59. The van der Waals surface area contributed by atoms with Gasteiger partial charge in [-0.3, -0.25) is 0 Å². The molecule has 0 spiro atoms. The molecule has 0 amide bonds. The molecule has 4 fully saturated rings. The van der Waals surface area contributed by atoms with Crippen molar-refractivity contribution in [2.24, 2.45) is 40.9 Å². The molecule has 5 aliphatic rings. The molecule has 4 saturated carbocycles. The zero-order valence-corrected chi connectivity index (χ0v) is 27.1. The van der Waals surface area contributed by atoms with Gasteiger partial charge in [0.1, 0.15) is 0 Å². The maximum atomic E-state index is 14.3. The predicted octanol–water partition coefficient (Wildman–Crippen LogP) is 8.13. The van der Waals surface area contributed by atoms with E-state index in [9.17, 15) is 27.4 Å². The fraction of sp³-hybridized carbons (Fsp3) is 0.778. The van der Waals surface area contributed by atoms with Crippen LogP contribution in [0.2, 0.25) is 0 Å². The number of sulfone groups is 1. The van der Waals surface area contributed by atoms with E-state index >= 15 is 0 Å². The van der Waals surface area contributed by atoms with Crippen molar-refractivity contribution < 1.29 is 27.4 Å². The van der Waals surface area contributed by atoms with Crippen LogP contribution in [0.1, 0.15) is 111 Å². The highest BCUT2D eigenvalue weighted by molar-refractivity contribution is 7.92. The number of hydrogen-bond acceptors (Lipinski definition) is 4. The number of halogens is 2. The number of hydrogen-bond donors (Lipinski definition) is 2. The second-order valence-electron chi connectivity index (χ2n) is 15.6. The second kappa shape index (κ2) is 11.2. The Morgan fingerprint density at radius 1 is 0.907 bits per heavy atom. The molecule has 0 saturated heterocycles. The molecule has 2 N–H and O–H groups in total. The van der Waals surface area contributed by atoms with Gasteiger partial charge in [-0.05, 0) is 130 Å². The zero-order chi connectivity index (χ0) is 30.8. The molecule has 9 atom stereocenters. The summed E-state index contributed by atoms with van der Waals surface area (Å²) in [6.07, 6.45) is 10.4. The Hall–Kier alpha value is -1.31. The molecule has 4 nitrogen and oxygen atoms in total. The van der Waals surface area contributed by atoms with Gasteiger partial charge in [0.05, 0.1) is 21.3 Å². The molecule has 0 aliphatic heterocycles. The molecule has 240 valence electrons. The van der Waals surface area contributed by atoms with Crippen LogP contribution in [-0.2, 0) is 9.84 Å².